The summed E-state index contributed by atoms with van der Waals surface area (Å²) in [5, 5.41) is 13.0. The van der Waals surface area contributed by atoms with Crippen molar-refractivity contribution in [2.45, 2.75) is 6.92 Å². The smallest absolute Gasteiger partial charge is 0.250 e. The highest BCUT2D eigenvalue weighted by atomic mass is 19.1. The molecule has 156 valence electrons. The molecule has 0 radical (unpaired) electrons. The number of fused-ring (bicyclic) bond motifs is 1. The van der Waals surface area contributed by atoms with E-state index in [4.69, 9.17) is 5.73 Å². The van der Waals surface area contributed by atoms with Crippen LogP contribution >= 0.6 is 0 Å². The molecular formula is C23H20FN5O2. The molecule has 2 aromatic carbocycles. The first-order valence-corrected chi connectivity index (χ1v) is 9.43. The molecule has 0 atom stereocenters. The number of hydrogen-bond acceptors (Lipinski definition) is 5. The second kappa shape index (κ2) is 7.56. The van der Waals surface area contributed by atoms with Crippen LogP contribution in [-0.4, -0.2) is 25.5 Å². The van der Waals surface area contributed by atoms with Crippen molar-refractivity contribution in [3.63, 3.8) is 0 Å². The van der Waals surface area contributed by atoms with Crippen molar-refractivity contribution < 1.29 is 14.3 Å². The van der Waals surface area contributed by atoms with E-state index in [0.29, 0.717) is 33.4 Å². The molecule has 0 unspecified atom stereocenters. The van der Waals surface area contributed by atoms with Gasteiger partial charge in [-0.1, -0.05) is 24.8 Å². The Bertz CT molecular complexity index is 1340. The lowest BCUT2D eigenvalue weighted by Gasteiger charge is -2.11. The van der Waals surface area contributed by atoms with E-state index in [0.717, 1.165) is 11.3 Å². The van der Waals surface area contributed by atoms with Gasteiger partial charge in [0.2, 0.25) is 0 Å². The molecule has 0 spiro atoms. The fourth-order valence-corrected chi connectivity index (χ4v) is 3.51. The van der Waals surface area contributed by atoms with E-state index in [-0.39, 0.29) is 11.7 Å². The summed E-state index contributed by atoms with van der Waals surface area (Å²) in [6.07, 6.45) is 1.37. The average Bonchev–Trinajstić information content (AvgIpc) is 3.04. The first-order chi connectivity index (χ1) is 14.8. The van der Waals surface area contributed by atoms with Gasteiger partial charge in [0.05, 0.1) is 11.1 Å². The Hall–Kier alpha value is -4.20. The normalized spacial score (nSPS) is 10.9. The predicted octanol–water partition coefficient (Wildman–Crippen LogP) is 4.24. The maximum Gasteiger partial charge on any atom is 0.250 e. The Balaban J connectivity index is 1.93. The Morgan fingerprint density at radius 2 is 1.84 bits per heavy atom. The molecule has 0 aliphatic heterocycles. The number of hydrogen-bond donors (Lipinski definition) is 3. The van der Waals surface area contributed by atoms with Gasteiger partial charge in [0, 0.05) is 23.9 Å². The van der Waals surface area contributed by atoms with Crippen molar-refractivity contribution in [1.82, 2.24) is 14.5 Å². The number of rotatable bonds is 4. The molecule has 4 N–H and O–H groups in total. The summed E-state index contributed by atoms with van der Waals surface area (Å²) >= 11 is 0. The minimum atomic E-state index is -0.742. The summed E-state index contributed by atoms with van der Waals surface area (Å²) in [5.41, 5.74) is 10.5. The molecule has 8 heteroatoms. The zero-order valence-corrected chi connectivity index (χ0v) is 17.0. The Morgan fingerprint density at radius 3 is 2.48 bits per heavy atom. The highest BCUT2D eigenvalue weighted by Crippen LogP contribution is 2.42. The maximum absolute atomic E-state index is 14.2. The van der Waals surface area contributed by atoms with E-state index >= 15 is 0 Å². The minimum Gasteiger partial charge on any atom is -0.505 e. The van der Waals surface area contributed by atoms with Gasteiger partial charge in [-0.3, -0.25) is 4.79 Å². The van der Waals surface area contributed by atoms with Gasteiger partial charge >= 0.3 is 0 Å². The number of nitrogens with two attached hydrogens (primary N) is 1. The minimum absolute atomic E-state index is 0.263. The van der Waals surface area contributed by atoms with Gasteiger partial charge in [0.1, 0.15) is 17.8 Å². The molecule has 4 rings (SSSR count). The fraction of sp³-hybridized carbons (Fsp3) is 0.0870. The summed E-state index contributed by atoms with van der Waals surface area (Å²) in [4.78, 5) is 20.3. The summed E-state index contributed by atoms with van der Waals surface area (Å²) in [7, 11) is 1.83. The summed E-state index contributed by atoms with van der Waals surface area (Å²) in [6.45, 7) is 5.26. The zero-order valence-electron chi connectivity index (χ0n) is 17.0. The van der Waals surface area contributed by atoms with Crippen molar-refractivity contribution in [1.29, 1.82) is 0 Å². The van der Waals surface area contributed by atoms with Crippen LogP contribution in [0.25, 0.3) is 33.4 Å². The number of halogens is 1. The van der Waals surface area contributed by atoms with Crippen LogP contribution in [0.1, 0.15) is 6.92 Å². The van der Waals surface area contributed by atoms with Crippen LogP contribution in [0.15, 0.2) is 60.9 Å². The second-order valence-electron chi connectivity index (χ2n) is 7.22. The number of anilines is 2. The van der Waals surface area contributed by atoms with Crippen molar-refractivity contribution in [2.24, 2.45) is 7.05 Å². The molecular weight excluding hydrogens is 397 g/mol. The second-order valence-corrected chi connectivity index (χ2v) is 7.22. The molecule has 2 heterocycles. The van der Waals surface area contributed by atoms with E-state index in [9.17, 15) is 14.3 Å². The van der Waals surface area contributed by atoms with Crippen LogP contribution in [0.4, 0.5) is 15.9 Å². The van der Waals surface area contributed by atoms with Gasteiger partial charge in [0.25, 0.3) is 5.91 Å². The zero-order chi connectivity index (χ0) is 22.3. The number of benzene rings is 2. The number of nitrogens with one attached hydrogen (secondary N) is 1. The van der Waals surface area contributed by atoms with E-state index in [1.165, 1.54) is 18.5 Å². The van der Waals surface area contributed by atoms with Crippen LogP contribution in [0.3, 0.4) is 0 Å². The molecule has 0 saturated heterocycles. The van der Waals surface area contributed by atoms with Gasteiger partial charge in [-0.2, -0.15) is 0 Å². The number of carbonyl (C=O) groups is 1. The third kappa shape index (κ3) is 3.48. The highest BCUT2D eigenvalue weighted by molar-refractivity contribution is 6.08. The van der Waals surface area contributed by atoms with E-state index < -0.39 is 11.6 Å². The van der Waals surface area contributed by atoms with Gasteiger partial charge in [0.15, 0.2) is 11.6 Å². The summed E-state index contributed by atoms with van der Waals surface area (Å²) in [6, 6.07) is 11.4. The molecule has 0 aliphatic rings. The molecule has 0 aliphatic carbocycles. The number of aromatic nitrogens is 3. The average molecular weight is 417 g/mol. The molecule has 0 bridgehead atoms. The van der Waals surface area contributed by atoms with Crippen LogP contribution < -0.4 is 11.1 Å². The number of phenols is 1. The Kier molecular flexibility index (Phi) is 4.90. The standard InChI is InChI=1S/C23H20FN5O2/c1-12(2)23(31)28-15-7-4-13(5-8-15)20-18(14-6-9-17(30)16(24)10-14)19-21(25)26-11-27-22(19)29(20)3/h4-11,30H,1H2,2-3H3,(H,28,31)(H2,25,26,27). The lowest BCUT2D eigenvalue weighted by molar-refractivity contribution is -0.112. The SMILES string of the molecule is C=C(C)C(=O)Nc1ccc(-c2c(-c3ccc(O)c(F)c3)c3c(N)ncnc3n2C)cc1. The number of aromatic hydroxyl groups is 1. The maximum atomic E-state index is 14.2. The number of amides is 1. The topological polar surface area (TPSA) is 106 Å². The largest absolute Gasteiger partial charge is 0.505 e. The molecule has 7 nitrogen and oxygen atoms in total. The molecule has 0 saturated carbocycles. The van der Waals surface area contributed by atoms with E-state index in [1.54, 1.807) is 25.1 Å². The van der Waals surface area contributed by atoms with Crippen LogP contribution in [0.5, 0.6) is 5.75 Å². The van der Waals surface area contributed by atoms with E-state index in [1.807, 2.05) is 23.7 Å². The number of nitrogen functional groups attached to an aromatic ring is 1. The monoisotopic (exact) mass is 417 g/mol. The predicted molar refractivity (Wildman–Crippen MR) is 119 cm³/mol. The fourth-order valence-electron chi connectivity index (χ4n) is 3.51. The van der Waals surface area contributed by atoms with Gasteiger partial charge in [-0.15, -0.1) is 0 Å². The Labute approximate surface area is 177 Å². The number of aryl methyl sites for hydroxylation is 1. The quantitative estimate of drug-likeness (QED) is 0.431. The molecule has 4 aromatic rings. The van der Waals surface area contributed by atoms with Crippen molar-refractivity contribution >= 4 is 28.4 Å². The number of carbonyl (C=O) groups excluding carboxylic acids is 1. The van der Waals surface area contributed by atoms with E-state index in [2.05, 4.69) is 21.9 Å². The number of nitrogens with zero attached hydrogens (tertiary/aromatic N) is 3. The molecule has 1 amide bonds. The van der Waals surface area contributed by atoms with Crippen molar-refractivity contribution in [3.05, 3.63) is 66.8 Å². The summed E-state index contributed by atoms with van der Waals surface area (Å²) < 4.78 is 16.0. The first kappa shape index (κ1) is 20.1. The van der Waals surface area contributed by atoms with Gasteiger partial charge in [-0.05, 0) is 42.3 Å². The molecule has 0 fully saturated rings. The molecule has 2 aromatic heterocycles. The van der Waals surface area contributed by atoms with Crippen LogP contribution in [0, 0.1) is 5.82 Å². The van der Waals surface area contributed by atoms with Crippen molar-refractivity contribution in [2.75, 3.05) is 11.1 Å². The highest BCUT2D eigenvalue weighted by Gasteiger charge is 2.22. The number of phenolic OH excluding ortho intramolecular Hbond substituents is 1. The lowest BCUT2D eigenvalue weighted by atomic mass is 9.98. The van der Waals surface area contributed by atoms with Crippen molar-refractivity contribution in [3.8, 4) is 28.1 Å². The third-order valence-corrected chi connectivity index (χ3v) is 5.04. The van der Waals surface area contributed by atoms with Crippen LogP contribution in [0.2, 0.25) is 0 Å². The van der Waals surface area contributed by atoms with Gasteiger partial charge in [-0.25, -0.2) is 14.4 Å². The summed E-state index contributed by atoms with van der Waals surface area (Å²) in [5.74, 6) is -1.18. The lowest BCUT2D eigenvalue weighted by Crippen LogP contribution is -2.11. The third-order valence-electron chi connectivity index (χ3n) is 5.04. The first-order valence-electron chi connectivity index (χ1n) is 9.43. The van der Waals surface area contributed by atoms with Crippen LogP contribution in [-0.2, 0) is 11.8 Å². The Morgan fingerprint density at radius 1 is 1.16 bits per heavy atom. The van der Waals surface area contributed by atoms with Gasteiger partial charge < -0.3 is 20.7 Å². The molecule has 31 heavy (non-hydrogen) atoms.